The van der Waals surface area contributed by atoms with Crippen molar-refractivity contribution in [1.82, 2.24) is 10.3 Å². The number of hydrogen-bond donors (Lipinski definition) is 2. The van der Waals surface area contributed by atoms with Crippen LogP contribution in [0.2, 0.25) is 0 Å². The summed E-state index contributed by atoms with van der Waals surface area (Å²) < 4.78 is 5.13. The zero-order valence-corrected chi connectivity index (χ0v) is 16.7. The van der Waals surface area contributed by atoms with Crippen LogP contribution in [0.25, 0.3) is 10.6 Å². The van der Waals surface area contributed by atoms with Gasteiger partial charge in [0.15, 0.2) is 6.61 Å². The molecule has 0 saturated heterocycles. The molecule has 0 aliphatic heterocycles. The minimum Gasteiger partial charge on any atom is -0.451 e. The summed E-state index contributed by atoms with van der Waals surface area (Å²) in [6.07, 6.45) is 0. The smallest absolute Gasteiger partial charge is 0.350 e. The number of anilines is 1. The predicted octanol–water partition coefficient (Wildman–Crippen LogP) is 3.27. The van der Waals surface area contributed by atoms with Crippen LogP contribution in [0, 0.1) is 6.92 Å². The summed E-state index contributed by atoms with van der Waals surface area (Å²) in [5, 5.41) is 5.83. The number of carbonyl (C=O) groups is 3. The van der Waals surface area contributed by atoms with Gasteiger partial charge >= 0.3 is 5.97 Å². The van der Waals surface area contributed by atoms with E-state index in [1.165, 1.54) is 24.5 Å². The third kappa shape index (κ3) is 5.05. The van der Waals surface area contributed by atoms with Crippen molar-refractivity contribution in [3.05, 3.63) is 70.7 Å². The fraction of sp³-hybridized carbons (Fsp3) is 0.143. The van der Waals surface area contributed by atoms with Gasteiger partial charge in [0.1, 0.15) is 9.88 Å². The van der Waals surface area contributed by atoms with Gasteiger partial charge in [-0.1, -0.05) is 36.4 Å². The Kier molecular flexibility index (Phi) is 6.36. The number of rotatable bonds is 6. The summed E-state index contributed by atoms with van der Waals surface area (Å²) in [4.78, 5) is 40.9. The van der Waals surface area contributed by atoms with Crippen molar-refractivity contribution in [3.63, 3.8) is 0 Å². The second kappa shape index (κ2) is 9.11. The lowest BCUT2D eigenvalue weighted by Gasteiger charge is -2.07. The lowest BCUT2D eigenvalue weighted by Crippen LogP contribution is -2.21. The van der Waals surface area contributed by atoms with Gasteiger partial charge in [-0.2, -0.15) is 0 Å². The minimum absolute atomic E-state index is 0.262. The number of thiazole rings is 1. The molecule has 0 fully saturated rings. The number of benzene rings is 2. The second-order valence-corrected chi connectivity index (χ2v) is 7.08. The Bertz CT molecular complexity index is 1050. The third-order valence-electron chi connectivity index (χ3n) is 3.97. The summed E-state index contributed by atoms with van der Waals surface area (Å²) in [5.41, 5.74) is 2.31. The summed E-state index contributed by atoms with van der Waals surface area (Å²) in [7, 11) is 1.53. The van der Waals surface area contributed by atoms with Gasteiger partial charge in [-0.05, 0) is 25.1 Å². The normalized spacial score (nSPS) is 10.3. The first kappa shape index (κ1) is 20.2. The summed E-state index contributed by atoms with van der Waals surface area (Å²) in [6.45, 7) is 1.28. The maximum atomic E-state index is 12.4. The SMILES string of the molecule is CNC(=O)c1cccc(NC(=O)COC(=O)c2sc(-c3ccccc3)nc2C)c1. The highest BCUT2D eigenvalue weighted by Crippen LogP contribution is 2.28. The Morgan fingerprint density at radius 1 is 1.07 bits per heavy atom. The molecular weight excluding hydrogens is 390 g/mol. The molecule has 7 nitrogen and oxygen atoms in total. The first-order valence-electron chi connectivity index (χ1n) is 8.80. The average molecular weight is 409 g/mol. The Morgan fingerprint density at radius 3 is 2.55 bits per heavy atom. The van der Waals surface area contributed by atoms with Crippen LogP contribution in [0.5, 0.6) is 0 Å². The van der Waals surface area contributed by atoms with Gasteiger partial charge in [0.25, 0.3) is 11.8 Å². The quantitative estimate of drug-likeness (QED) is 0.609. The molecule has 0 spiro atoms. The fourth-order valence-corrected chi connectivity index (χ4v) is 3.53. The van der Waals surface area contributed by atoms with E-state index in [9.17, 15) is 14.4 Å². The zero-order valence-electron chi connectivity index (χ0n) is 15.9. The molecule has 0 bridgehead atoms. The van der Waals surface area contributed by atoms with Crippen molar-refractivity contribution in [2.75, 3.05) is 19.0 Å². The molecule has 8 heteroatoms. The van der Waals surface area contributed by atoms with Crippen LogP contribution >= 0.6 is 11.3 Å². The molecule has 0 saturated carbocycles. The summed E-state index contributed by atoms with van der Waals surface area (Å²) in [6, 6.07) is 16.0. The van der Waals surface area contributed by atoms with E-state index >= 15 is 0 Å². The van der Waals surface area contributed by atoms with E-state index < -0.39 is 18.5 Å². The molecule has 0 aliphatic carbocycles. The standard InChI is InChI=1S/C21H19N3O4S/c1-13-18(29-20(23-13)14-7-4-3-5-8-14)21(27)28-12-17(25)24-16-10-6-9-15(11-16)19(26)22-2/h3-11H,12H2,1-2H3,(H,22,26)(H,24,25). The third-order valence-corrected chi connectivity index (χ3v) is 5.16. The maximum absolute atomic E-state index is 12.4. The van der Waals surface area contributed by atoms with Crippen molar-refractivity contribution < 1.29 is 19.1 Å². The van der Waals surface area contributed by atoms with Crippen LogP contribution < -0.4 is 10.6 Å². The van der Waals surface area contributed by atoms with Gasteiger partial charge in [-0.25, -0.2) is 9.78 Å². The van der Waals surface area contributed by atoms with Crippen LogP contribution in [0.4, 0.5) is 5.69 Å². The summed E-state index contributed by atoms with van der Waals surface area (Å²) in [5.74, 6) is -1.36. The number of aryl methyl sites for hydroxylation is 1. The van der Waals surface area contributed by atoms with Gasteiger partial charge in [0.05, 0.1) is 5.69 Å². The fourth-order valence-electron chi connectivity index (χ4n) is 2.57. The van der Waals surface area contributed by atoms with E-state index in [1.807, 2.05) is 30.3 Å². The minimum atomic E-state index is -0.601. The average Bonchev–Trinajstić information content (AvgIpc) is 3.14. The lowest BCUT2D eigenvalue weighted by atomic mass is 10.2. The Labute approximate surface area is 171 Å². The topological polar surface area (TPSA) is 97.4 Å². The maximum Gasteiger partial charge on any atom is 0.350 e. The zero-order chi connectivity index (χ0) is 20.8. The monoisotopic (exact) mass is 409 g/mol. The first-order valence-corrected chi connectivity index (χ1v) is 9.61. The number of esters is 1. The van der Waals surface area contributed by atoms with Crippen LogP contribution in [0.3, 0.4) is 0 Å². The number of hydrogen-bond acceptors (Lipinski definition) is 6. The van der Waals surface area contributed by atoms with Crippen LogP contribution in [0.1, 0.15) is 25.7 Å². The van der Waals surface area contributed by atoms with E-state index in [2.05, 4.69) is 15.6 Å². The van der Waals surface area contributed by atoms with Crippen molar-refractivity contribution in [2.45, 2.75) is 6.92 Å². The number of amides is 2. The highest BCUT2D eigenvalue weighted by atomic mass is 32.1. The number of nitrogens with one attached hydrogen (secondary N) is 2. The number of nitrogens with zero attached hydrogens (tertiary/aromatic N) is 1. The molecule has 3 rings (SSSR count). The van der Waals surface area contributed by atoms with E-state index in [4.69, 9.17) is 4.74 Å². The molecule has 29 heavy (non-hydrogen) atoms. The van der Waals surface area contributed by atoms with Crippen LogP contribution in [-0.4, -0.2) is 36.4 Å². The molecule has 148 valence electrons. The molecule has 3 aromatic rings. The van der Waals surface area contributed by atoms with Crippen molar-refractivity contribution in [3.8, 4) is 10.6 Å². The molecule has 0 aliphatic rings. The van der Waals surface area contributed by atoms with Gasteiger partial charge in [-0.15, -0.1) is 11.3 Å². The van der Waals surface area contributed by atoms with Crippen molar-refractivity contribution >= 4 is 34.8 Å². The molecule has 0 atom stereocenters. The van der Waals surface area contributed by atoms with Gasteiger partial charge < -0.3 is 15.4 Å². The molecule has 1 heterocycles. The lowest BCUT2D eigenvalue weighted by molar-refractivity contribution is -0.119. The molecule has 2 amide bonds. The van der Waals surface area contributed by atoms with Gasteiger partial charge in [0.2, 0.25) is 0 Å². The molecule has 2 aromatic carbocycles. The van der Waals surface area contributed by atoms with Crippen LogP contribution in [0.15, 0.2) is 54.6 Å². The predicted molar refractivity (Wildman–Crippen MR) is 111 cm³/mol. The molecule has 1 aromatic heterocycles. The second-order valence-electron chi connectivity index (χ2n) is 6.08. The Balaban J connectivity index is 1.60. The van der Waals surface area contributed by atoms with E-state index in [1.54, 1.807) is 25.1 Å². The van der Waals surface area contributed by atoms with Crippen molar-refractivity contribution in [1.29, 1.82) is 0 Å². The largest absolute Gasteiger partial charge is 0.451 e. The Hall–Kier alpha value is -3.52. The molecule has 0 unspecified atom stereocenters. The number of ether oxygens (including phenoxy) is 1. The van der Waals surface area contributed by atoms with Gasteiger partial charge in [-0.3, -0.25) is 9.59 Å². The Morgan fingerprint density at radius 2 is 1.83 bits per heavy atom. The van der Waals surface area contributed by atoms with E-state index in [-0.39, 0.29) is 5.91 Å². The highest BCUT2D eigenvalue weighted by molar-refractivity contribution is 7.17. The number of aromatic nitrogens is 1. The first-order chi connectivity index (χ1) is 14.0. The van der Waals surface area contributed by atoms with Crippen LogP contribution in [-0.2, 0) is 9.53 Å². The van der Waals surface area contributed by atoms with E-state index in [0.29, 0.717) is 26.8 Å². The van der Waals surface area contributed by atoms with Crippen molar-refractivity contribution in [2.24, 2.45) is 0 Å². The van der Waals surface area contributed by atoms with Gasteiger partial charge in [0, 0.05) is 23.9 Å². The highest BCUT2D eigenvalue weighted by Gasteiger charge is 2.18. The molecular formula is C21H19N3O4S. The molecule has 2 N–H and O–H groups in total. The molecule has 0 radical (unpaired) electrons. The summed E-state index contributed by atoms with van der Waals surface area (Å²) >= 11 is 1.22. The van der Waals surface area contributed by atoms with E-state index in [0.717, 1.165) is 5.56 Å². The number of carbonyl (C=O) groups excluding carboxylic acids is 3.